The van der Waals surface area contributed by atoms with E-state index >= 15 is 0 Å². The van der Waals surface area contributed by atoms with E-state index in [1.165, 1.54) is 6.08 Å². The average Bonchev–Trinajstić information content (AvgIpc) is 2.77. The summed E-state index contributed by atoms with van der Waals surface area (Å²) < 4.78 is 5.07. The molecule has 0 unspecified atom stereocenters. The third-order valence-corrected chi connectivity index (χ3v) is 3.96. The number of carboxylic acid groups (broad SMARTS) is 1. The third-order valence-electron chi connectivity index (χ3n) is 3.96. The molecule has 0 radical (unpaired) electrons. The minimum absolute atomic E-state index is 0.115. The maximum absolute atomic E-state index is 12.0. The van der Waals surface area contributed by atoms with Crippen LogP contribution in [-0.4, -0.2) is 42.3 Å². The van der Waals surface area contributed by atoms with Gasteiger partial charge in [0, 0.05) is 12.5 Å². The second kappa shape index (κ2) is 11.8. The predicted octanol–water partition coefficient (Wildman–Crippen LogP) is 2.21. The molecule has 0 heterocycles. The summed E-state index contributed by atoms with van der Waals surface area (Å²) in [6, 6.07) is 16.1. The van der Waals surface area contributed by atoms with Crippen molar-refractivity contribution in [2.24, 2.45) is 5.10 Å². The molecule has 0 aliphatic rings. The molecular formula is C22H23N3O5. The first-order valence-corrected chi connectivity index (χ1v) is 9.20. The van der Waals surface area contributed by atoms with Crippen molar-refractivity contribution < 1.29 is 24.2 Å². The maximum atomic E-state index is 12.0. The van der Waals surface area contributed by atoms with Crippen LogP contribution in [0.1, 0.15) is 24.0 Å². The summed E-state index contributed by atoms with van der Waals surface area (Å²) in [5.74, 6) is -1.20. The van der Waals surface area contributed by atoms with Gasteiger partial charge >= 0.3 is 5.97 Å². The zero-order chi connectivity index (χ0) is 21.8. The van der Waals surface area contributed by atoms with Crippen molar-refractivity contribution in [1.82, 2.24) is 10.7 Å². The van der Waals surface area contributed by atoms with Gasteiger partial charge in [0.25, 0.3) is 5.91 Å². The molecule has 8 heteroatoms. The number of benzene rings is 2. The smallest absolute Gasteiger partial charge is 0.303 e. The first kappa shape index (κ1) is 22.4. The molecule has 2 aromatic carbocycles. The molecule has 0 aliphatic heterocycles. The van der Waals surface area contributed by atoms with Crippen molar-refractivity contribution in [3.05, 3.63) is 71.8 Å². The van der Waals surface area contributed by atoms with Gasteiger partial charge in [-0.25, -0.2) is 5.43 Å². The maximum Gasteiger partial charge on any atom is 0.303 e. The number of carbonyl (C=O) groups is 3. The van der Waals surface area contributed by atoms with Crippen LogP contribution in [0.2, 0.25) is 0 Å². The summed E-state index contributed by atoms with van der Waals surface area (Å²) in [6.07, 6.45) is 2.98. The number of hydrogen-bond donors (Lipinski definition) is 3. The summed E-state index contributed by atoms with van der Waals surface area (Å²) in [4.78, 5) is 34.7. The highest BCUT2D eigenvalue weighted by Gasteiger charge is 2.08. The van der Waals surface area contributed by atoms with E-state index in [0.717, 1.165) is 5.56 Å². The van der Waals surface area contributed by atoms with E-state index in [1.54, 1.807) is 61.7 Å². The number of carboxylic acids is 1. The highest BCUT2D eigenvalue weighted by atomic mass is 16.5. The fourth-order valence-corrected chi connectivity index (χ4v) is 2.40. The van der Waals surface area contributed by atoms with Crippen LogP contribution in [0, 0.1) is 0 Å². The number of methoxy groups -OCH3 is 1. The van der Waals surface area contributed by atoms with Crippen molar-refractivity contribution >= 4 is 29.6 Å². The Morgan fingerprint density at radius 2 is 1.73 bits per heavy atom. The lowest BCUT2D eigenvalue weighted by molar-refractivity contribution is -0.136. The van der Waals surface area contributed by atoms with Gasteiger partial charge in [-0.2, -0.15) is 5.10 Å². The topological polar surface area (TPSA) is 117 Å². The molecule has 0 aromatic heterocycles. The van der Waals surface area contributed by atoms with Gasteiger partial charge in [0.05, 0.1) is 25.8 Å². The van der Waals surface area contributed by atoms with Crippen LogP contribution in [-0.2, 0) is 14.4 Å². The quantitative estimate of drug-likeness (QED) is 0.316. The monoisotopic (exact) mass is 409 g/mol. The largest absolute Gasteiger partial charge is 0.497 e. The Morgan fingerprint density at radius 3 is 2.37 bits per heavy atom. The molecule has 30 heavy (non-hydrogen) atoms. The van der Waals surface area contributed by atoms with Crippen molar-refractivity contribution in [3.63, 3.8) is 0 Å². The van der Waals surface area contributed by atoms with Gasteiger partial charge < -0.3 is 15.2 Å². The number of nitrogens with one attached hydrogen (secondary N) is 2. The van der Waals surface area contributed by atoms with E-state index < -0.39 is 17.8 Å². The number of rotatable bonds is 10. The lowest BCUT2D eigenvalue weighted by atomic mass is 10.1. The molecule has 8 nitrogen and oxygen atoms in total. The predicted molar refractivity (Wildman–Crippen MR) is 113 cm³/mol. The van der Waals surface area contributed by atoms with Crippen LogP contribution in [0.4, 0.5) is 0 Å². The summed E-state index contributed by atoms with van der Waals surface area (Å²) in [5, 5.41) is 15.4. The van der Waals surface area contributed by atoms with Crippen molar-refractivity contribution in [2.45, 2.75) is 12.8 Å². The molecule has 0 saturated carbocycles. The highest BCUT2D eigenvalue weighted by Crippen LogP contribution is 2.12. The molecule has 3 N–H and O–H groups in total. The molecule has 0 saturated heterocycles. The Bertz CT molecular complexity index is 922. The molecule has 0 bridgehead atoms. The second-order valence-corrected chi connectivity index (χ2v) is 6.18. The normalized spacial score (nSPS) is 11.2. The van der Waals surface area contributed by atoms with Crippen molar-refractivity contribution in [3.8, 4) is 5.75 Å². The number of aliphatic carboxylic acids is 1. The van der Waals surface area contributed by atoms with Gasteiger partial charge in [-0.15, -0.1) is 0 Å². The molecule has 156 valence electrons. The SMILES string of the molecule is COc1ccc(/C=C/C(=O)NCC(=O)N/N=C(/CCC(=O)O)c2ccccc2)cc1. The number of hydrogen-bond acceptors (Lipinski definition) is 5. The van der Waals surface area contributed by atoms with Crippen molar-refractivity contribution in [1.29, 1.82) is 0 Å². The minimum Gasteiger partial charge on any atom is -0.497 e. The fraction of sp³-hybridized carbons (Fsp3) is 0.182. The summed E-state index contributed by atoms with van der Waals surface area (Å²) >= 11 is 0. The molecule has 0 fully saturated rings. The molecule has 0 aliphatic carbocycles. The Balaban J connectivity index is 1.87. The van der Waals surface area contributed by atoms with Gasteiger partial charge in [-0.3, -0.25) is 14.4 Å². The number of amides is 2. The average molecular weight is 409 g/mol. The third kappa shape index (κ3) is 7.97. The Hall–Kier alpha value is -3.94. The first-order chi connectivity index (χ1) is 14.5. The van der Waals surface area contributed by atoms with E-state index in [9.17, 15) is 14.4 Å². The van der Waals surface area contributed by atoms with E-state index in [4.69, 9.17) is 9.84 Å². The Labute approximate surface area is 174 Å². The van der Waals surface area contributed by atoms with Gasteiger partial charge in [-0.1, -0.05) is 42.5 Å². The van der Waals surface area contributed by atoms with E-state index in [-0.39, 0.29) is 19.4 Å². The van der Waals surface area contributed by atoms with Gasteiger partial charge in [0.2, 0.25) is 5.91 Å². The first-order valence-electron chi connectivity index (χ1n) is 9.20. The summed E-state index contributed by atoms with van der Waals surface area (Å²) in [7, 11) is 1.57. The standard InChI is InChI=1S/C22H23N3O5/c1-30-18-10-7-16(8-11-18)9-13-20(26)23-15-21(27)25-24-19(12-14-22(28)29)17-5-3-2-4-6-17/h2-11,13H,12,14-15H2,1H3,(H,23,26)(H,25,27)(H,28,29)/b13-9+,24-19-. The minimum atomic E-state index is -0.958. The molecule has 0 atom stereocenters. The molecule has 2 amide bonds. The molecule has 2 aromatic rings. The van der Waals surface area contributed by atoms with Crippen LogP contribution in [0.25, 0.3) is 6.08 Å². The number of nitrogens with zero attached hydrogens (tertiary/aromatic N) is 1. The van der Waals surface area contributed by atoms with Crippen LogP contribution < -0.4 is 15.5 Å². The van der Waals surface area contributed by atoms with E-state index in [0.29, 0.717) is 17.0 Å². The van der Waals surface area contributed by atoms with E-state index in [1.807, 2.05) is 6.07 Å². The fourth-order valence-electron chi connectivity index (χ4n) is 2.40. The lowest BCUT2D eigenvalue weighted by Crippen LogP contribution is -2.34. The zero-order valence-electron chi connectivity index (χ0n) is 16.5. The zero-order valence-corrected chi connectivity index (χ0v) is 16.5. The van der Waals surface area contributed by atoms with Crippen LogP contribution in [0.3, 0.4) is 0 Å². The highest BCUT2D eigenvalue weighted by molar-refractivity contribution is 6.02. The Morgan fingerprint density at radius 1 is 1.03 bits per heavy atom. The van der Waals surface area contributed by atoms with Crippen LogP contribution >= 0.6 is 0 Å². The summed E-state index contributed by atoms with van der Waals surface area (Å²) in [6.45, 7) is -0.268. The van der Waals surface area contributed by atoms with Gasteiger partial charge in [-0.05, 0) is 29.3 Å². The molecule has 2 rings (SSSR count). The van der Waals surface area contributed by atoms with E-state index in [2.05, 4.69) is 15.8 Å². The molecule has 0 spiro atoms. The molecular weight excluding hydrogens is 386 g/mol. The van der Waals surface area contributed by atoms with Crippen LogP contribution in [0.15, 0.2) is 65.8 Å². The number of ether oxygens (including phenoxy) is 1. The summed E-state index contributed by atoms with van der Waals surface area (Å²) in [5.41, 5.74) is 4.32. The van der Waals surface area contributed by atoms with Crippen LogP contribution in [0.5, 0.6) is 5.75 Å². The van der Waals surface area contributed by atoms with Gasteiger partial charge in [0.1, 0.15) is 5.75 Å². The lowest BCUT2D eigenvalue weighted by Gasteiger charge is -2.07. The van der Waals surface area contributed by atoms with Crippen molar-refractivity contribution in [2.75, 3.05) is 13.7 Å². The van der Waals surface area contributed by atoms with Gasteiger partial charge in [0.15, 0.2) is 0 Å². The second-order valence-electron chi connectivity index (χ2n) is 6.18. The number of hydrazone groups is 1. The number of carbonyl (C=O) groups excluding carboxylic acids is 2. The Kier molecular flexibility index (Phi) is 8.79.